The predicted octanol–water partition coefficient (Wildman–Crippen LogP) is 2.82. The van der Waals surface area contributed by atoms with Crippen LogP contribution in [-0.2, 0) is 0 Å². The molecule has 0 rings (SSSR count). The van der Waals surface area contributed by atoms with Gasteiger partial charge in [0.15, 0.2) is 0 Å². The van der Waals surface area contributed by atoms with E-state index in [2.05, 4.69) is 36.7 Å². The molecule has 0 fully saturated rings. The van der Waals surface area contributed by atoms with Gasteiger partial charge in [-0.05, 0) is 12.3 Å². The lowest BCUT2D eigenvalue weighted by Gasteiger charge is -2.03. The number of rotatable bonds is 2. The van der Waals surface area contributed by atoms with Crippen molar-refractivity contribution in [3.63, 3.8) is 0 Å². The van der Waals surface area contributed by atoms with Gasteiger partial charge >= 0.3 is 0 Å². The molecule has 7 heavy (non-hydrogen) atoms. The average molecular weight is 165 g/mol. The molecule has 1 atom stereocenters. The van der Waals surface area contributed by atoms with Crippen LogP contribution in [0.3, 0.4) is 0 Å². The summed E-state index contributed by atoms with van der Waals surface area (Å²) in [5, 5.41) is 0. The predicted molar refractivity (Wildman–Crippen MR) is 37.8 cm³/mol. The third-order valence-corrected chi connectivity index (χ3v) is 1.17. The Morgan fingerprint density at radius 1 is 1.29 bits per heavy atom. The van der Waals surface area contributed by atoms with E-state index >= 15 is 0 Å². The van der Waals surface area contributed by atoms with E-state index in [9.17, 15) is 0 Å². The van der Waals surface area contributed by atoms with Crippen LogP contribution in [0.2, 0.25) is 0 Å². The normalized spacial score (nSPS) is 15.0. The number of halogens is 1. The van der Waals surface area contributed by atoms with E-state index in [1.54, 1.807) is 0 Å². The Hall–Kier alpha value is 0.480. The zero-order valence-electron chi connectivity index (χ0n) is 5.24. The van der Waals surface area contributed by atoms with Crippen molar-refractivity contribution in [2.24, 2.45) is 5.92 Å². The van der Waals surface area contributed by atoms with Crippen LogP contribution in [0.15, 0.2) is 0 Å². The summed E-state index contributed by atoms with van der Waals surface area (Å²) in [5.41, 5.74) is 0. The standard InChI is InChI=1S/C6H13Br/c1-5(2)4-6(3)7/h5-6H,4H2,1-3H3/t6-/m0/s1. The van der Waals surface area contributed by atoms with Gasteiger partial charge in [-0.2, -0.15) is 0 Å². The van der Waals surface area contributed by atoms with Gasteiger partial charge in [0.25, 0.3) is 0 Å². The molecule has 0 amide bonds. The zero-order chi connectivity index (χ0) is 5.86. The molecule has 0 nitrogen and oxygen atoms in total. The van der Waals surface area contributed by atoms with Crippen LogP contribution in [0.5, 0.6) is 0 Å². The van der Waals surface area contributed by atoms with Crippen molar-refractivity contribution in [3.05, 3.63) is 0 Å². The van der Waals surface area contributed by atoms with E-state index in [1.165, 1.54) is 6.42 Å². The van der Waals surface area contributed by atoms with Gasteiger partial charge in [0.2, 0.25) is 0 Å². The quantitative estimate of drug-likeness (QED) is 0.552. The van der Waals surface area contributed by atoms with Gasteiger partial charge in [-0.15, -0.1) is 0 Å². The van der Waals surface area contributed by atoms with Crippen molar-refractivity contribution >= 4 is 15.9 Å². The Kier molecular flexibility index (Phi) is 3.72. The van der Waals surface area contributed by atoms with Gasteiger partial charge in [0.1, 0.15) is 0 Å². The van der Waals surface area contributed by atoms with Crippen LogP contribution in [-0.4, -0.2) is 4.83 Å². The summed E-state index contributed by atoms with van der Waals surface area (Å²) < 4.78 is 0. The molecule has 0 saturated heterocycles. The lowest BCUT2D eigenvalue weighted by molar-refractivity contribution is 0.589. The van der Waals surface area contributed by atoms with Gasteiger partial charge in [-0.1, -0.05) is 36.7 Å². The first-order valence-corrected chi connectivity index (χ1v) is 3.68. The summed E-state index contributed by atoms with van der Waals surface area (Å²) in [7, 11) is 0. The number of alkyl halides is 1. The fourth-order valence-corrected chi connectivity index (χ4v) is 1.40. The molecule has 0 bridgehead atoms. The molecule has 0 spiro atoms. The molecule has 0 N–H and O–H groups in total. The monoisotopic (exact) mass is 164 g/mol. The van der Waals surface area contributed by atoms with Gasteiger partial charge in [-0.25, -0.2) is 0 Å². The van der Waals surface area contributed by atoms with Crippen LogP contribution in [0, 0.1) is 5.92 Å². The zero-order valence-corrected chi connectivity index (χ0v) is 6.83. The van der Waals surface area contributed by atoms with E-state index in [1.807, 2.05) is 0 Å². The highest BCUT2D eigenvalue weighted by Gasteiger charge is 1.97. The van der Waals surface area contributed by atoms with Crippen LogP contribution in [0.1, 0.15) is 27.2 Å². The van der Waals surface area contributed by atoms with Gasteiger partial charge in [0.05, 0.1) is 0 Å². The van der Waals surface area contributed by atoms with Crippen molar-refractivity contribution in [3.8, 4) is 0 Å². The summed E-state index contributed by atoms with van der Waals surface area (Å²) in [6, 6.07) is 0. The average Bonchev–Trinajstić information content (AvgIpc) is 1.27. The first kappa shape index (κ1) is 7.48. The van der Waals surface area contributed by atoms with Crippen molar-refractivity contribution in [2.75, 3.05) is 0 Å². The highest BCUT2D eigenvalue weighted by molar-refractivity contribution is 9.09. The Balaban J connectivity index is 2.95. The minimum Gasteiger partial charge on any atom is -0.0894 e. The molecule has 0 aliphatic rings. The Labute approximate surface area is 54.4 Å². The smallest absolute Gasteiger partial charge is 0.0120 e. The Bertz CT molecular complexity index is 33.4. The molecule has 0 aromatic rings. The van der Waals surface area contributed by atoms with E-state index in [-0.39, 0.29) is 0 Å². The molecule has 0 aliphatic carbocycles. The minimum absolute atomic E-state index is 0.687. The molecule has 0 unspecified atom stereocenters. The fraction of sp³-hybridized carbons (Fsp3) is 1.00. The highest BCUT2D eigenvalue weighted by atomic mass is 79.9. The molecule has 0 aromatic heterocycles. The Morgan fingerprint density at radius 3 is 1.71 bits per heavy atom. The molecular formula is C6H13Br. The lowest BCUT2D eigenvalue weighted by Crippen LogP contribution is -1.95. The minimum atomic E-state index is 0.687. The summed E-state index contributed by atoms with van der Waals surface area (Å²) >= 11 is 3.47. The summed E-state index contributed by atoms with van der Waals surface area (Å²) in [6.07, 6.45) is 1.28. The second kappa shape index (κ2) is 3.48. The van der Waals surface area contributed by atoms with Crippen LogP contribution in [0.4, 0.5) is 0 Å². The molecule has 44 valence electrons. The second-order valence-corrected chi connectivity index (χ2v) is 3.97. The van der Waals surface area contributed by atoms with Crippen molar-refractivity contribution in [1.29, 1.82) is 0 Å². The van der Waals surface area contributed by atoms with E-state index < -0.39 is 0 Å². The van der Waals surface area contributed by atoms with E-state index in [4.69, 9.17) is 0 Å². The molecule has 0 radical (unpaired) electrons. The molecule has 0 aliphatic heterocycles. The largest absolute Gasteiger partial charge is 0.0894 e. The SMILES string of the molecule is CC(C)C[C@H](C)Br. The highest BCUT2D eigenvalue weighted by Crippen LogP contribution is 2.10. The number of hydrogen-bond donors (Lipinski definition) is 0. The van der Waals surface area contributed by atoms with Gasteiger partial charge in [0, 0.05) is 4.83 Å². The Morgan fingerprint density at radius 2 is 1.71 bits per heavy atom. The maximum Gasteiger partial charge on any atom is 0.0120 e. The molecule has 1 heteroatoms. The molecule has 0 saturated carbocycles. The first-order chi connectivity index (χ1) is 3.13. The fourth-order valence-electron chi connectivity index (χ4n) is 0.650. The maximum atomic E-state index is 3.47. The maximum absolute atomic E-state index is 3.47. The van der Waals surface area contributed by atoms with Crippen LogP contribution >= 0.6 is 15.9 Å². The summed E-state index contributed by atoms with van der Waals surface area (Å²) in [4.78, 5) is 0.687. The molecular weight excluding hydrogens is 152 g/mol. The third kappa shape index (κ3) is 6.48. The van der Waals surface area contributed by atoms with Gasteiger partial charge in [-0.3, -0.25) is 0 Å². The molecule has 0 aromatic carbocycles. The summed E-state index contributed by atoms with van der Waals surface area (Å²) in [6.45, 7) is 6.65. The van der Waals surface area contributed by atoms with E-state index in [0.717, 1.165) is 5.92 Å². The topological polar surface area (TPSA) is 0 Å². The third-order valence-electron chi connectivity index (χ3n) is 0.796. The van der Waals surface area contributed by atoms with Crippen LogP contribution in [0.25, 0.3) is 0 Å². The van der Waals surface area contributed by atoms with Crippen molar-refractivity contribution < 1.29 is 0 Å². The molecule has 0 heterocycles. The first-order valence-electron chi connectivity index (χ1n) is 2.77. The van der Waals surface area contributed by atoms with Crippen LogP contribution < -0.4 is 0 Å². The van der Waals surface area contributed by atoms with Crippen molar-refractivity contribution in [1.82, 2.24) is 0 Å². The second-order valence-electron chi connectivity index (χ2n) is 2.41. The van der Waals surface area contributed by atoms with Crippen molar-refractivity contribution in [2.45, 2.75) is 32.0 Å². The van der Waals surface area contributed by atoms with E-state index in [0.29, 0.717) is 4.83 Å². The lowest BCUT2D eigenvalue weighted by atomic mass is 10.1. The van der Waals surface area contributed by atoms with Gasteiger partial charge < -0.3 is 0 Å². The summed E-state index contributed by atoms with van der Waals surface area (Å²) in [5.74, 6) is 0.828. The number of hydrogen-bond acceptors (Lipinski definition) is 0.